The third-order valence-electron chi connectivity index (χ3n) is 9.93. The average molecular weight is 499 g/mol. The van der Waals surface area contributed by atoms with E-state index in [0.717, 1.165) is 11.1 Å². The number of ketones is 1. The van der Waals surface area contributed by atoms with Gasteiger partial charge in [-0.2, -0.15) is 0 Å². The molecule has 0 spiro atoms. The van der Waals surface area contributed by atoms with Gasteiger partial charge in [0.05, 0.1) is 6.10 Å². The minimum absolute atomic E-state index is 0.0525. The van der Waals surface area contributed by atoms with E-state index in [4.69, 9.17) is 4.84 Å². The van der Waals surface area contributed by atoms with Crippen molar-refractivity contribution >= 4 is 11.5 Å². The van der Waals surface area contributed by atoms with Crippen molar-refractivity contribution in [3.05, 3.63) is 53.9 Å². The lowest BCUT2D eigenvalue weighted by molar-refractivity contribution is -0.219. The topological polar surface area (TPSA) is 112 Å². The summed E-state index contributed by atoms with van der Waals surface area (Å²) in [5, 5.41) is 36.8. The van der Waals surface area contributed by atoms with E-state index in [1.54, 1.807) is 38.4 Å². The lowest BCUT2D eigenvalue weighted by atomic mass is 9.44. The summed E-state index contributed by atoms with van der Waals surface area (Å²) in [4.78, 5) is 22.3. The second kappa shape index (κ2) is 8.57. The molecule has 0 saturated heterocycles. The van der Waals surface area contributed by atoms with Gasteiger partial charge in [0.1, 0.15) is 24.5 Å². The van der Waals surface area contributed by atoms with Gasteiger partial charge >= 0.3 is 0 Å². The average Bonchev–Trinajstić information content (AvgIpc) is 3.06. The van der Waals surface area contributed by atoms with E-state index in [9.17, 15) is 20.1 Å². The molecule has 194 valence electrons. The van der Waals surface area contributed by atoms with Crippen LogP contribution in [0, 0.1) is 28.6 Å². The number of nitrogens with zero attached hydrogens (tertiary/aromatic N) is 2. The molecule has 0 radical (unpaired) electrons. The summed E-state index contributed by atoms with van der Waals surface area (Å²) < 4.78 is 17.4. The molecular formula is C28H35FN2O5. The van der Waals surface area contributed by atoms with E-state index < -0.39 is 52.4 Å². The molecule has 0 aromatic carbocycles. The van der Waals surface area contributed by atoms with E-state index in [-0.39, 0.29) is 18.9 Å². The van der Waals surface area contributed by atoms with Gasteiger partial charge in [0, 0.05) is 34.7 Å². The highest BCUT2D eigenvalue weighted by molar-refractivity contribution is 6.05. The molecule has 0 aliphatic heterocycles. The highest BCUT2D eigenvalue weighted by atomic mass is 19.1. The fraction of sp³-hybridized carbons (Fsp3) is 0.607. The lowest BCUT2D eigenvalue weighted by Crippen LogP contribution is -2.69. The summed E-state index contributed by atoms with van der Waals surface area (Å²) in [6.45, 7) is 4.89. The SMILES string of the molecule is C[C@@H]1C[C@H]2[C@@H]3CCC4=C/C(=N/OCc5cccnc5)C=C[C@]4(C)[C@@]3(F)[C@@H](O)C[C@]2(C)[C@@]1(O)C(=O)CO. The summed E-state index contributed by atoms with van der Waals surface area (Å²) in [6.07, 6.45) is 8.90. The number of carbonyl (C=O) groups is 1. The molecule has 1 aromatic heterocycles. The number of carbonyl (C=O) groups excluding carboxylic acids is 1. The first-order chi connectivity index (χ1) is 17.0. The zero-order chi connectivity index (χ0) is 25.9. The predicted octanol–water partition coefficient (Wildman–Crippen LogP) is 3.29. The monoisotopic (exact) mass is 498 g/mol. The molecule has 3 saturated carbocycles. The summed E-state index contributed by atoms with van der Waals surface area (Å²) in [6, 6.07) is 3.72. The predicted molar refractivity (Wildman–Crippen MR) is 131 cm³/mol. The van der Waals surface area contributed by atoms with E-state index in [2.05, 4.69) is 10.1 Å². The Kier molecular flexibility index (Phi) is 6.01. The first-order valence-corrected chi connectivity index (χ1v) is 12.7. The Labute approximate surface area is 210 Å². The van der Waals surface area contributed by atoms with Gasteiger partial charge in [-0.05, 0) is 62.7 Å². The number of allylic oxidation sites excluding steroid dienone is 4. The Morgan fingerprint density at radius 2 is 2.11 bits per heavy atom. The van der Waals surface area contributed by atoms with Crippen LogP contribution >= 0.6 is 0 Å². The summed E-state index contributed by atoms with van der Waals surface area (Å²) in [5.74, 6) is -1.93. The van der Waals surface area contributed by atoms with Crippen LogP contribution in [0.5, 0.6) is 0 Å². The molecule has 8 heteroatoms. The van der Waals surface area contributed by atoms with Crippen LogP contribution in [0.3, 0.4) is 0 Å². The Bertz CT molecular complexity index is 1140. The minimum atomic E-state index is -1.97. The first-order valence-electron chi connectivity index (χ1n) is 12.7. The van der Waals surface area contributed by atoms with Crippen LogP contribution in [-0.4, -0.2) is 55.8 Å². The molecule has 0 bridgehead atoms. The molecule has 3 N–H and O–H groups in total. The van der Waals surface area contributed by atoms with Crippen molar-refractivity contribution in [2.45, 2.75) is 70.4 Å². The Hall–Kier alpha value is -2.42. The van der Waals surface area contributed by atoms with Gasteiger partial charge in [0.25, 0.3) is 0 Å². The number of fused-ring (bicyclic) bond motifs is 5. The number of hydrogen-bond acceptors (Lipinski definition) is 7. The number of rotatable bonds is 5. The number of oxime groups is 1. The summed E-state index contributed by atoms with van der Waals surface area (Å²) in [5.41, 5.74) is -3.50. The van der Waals surface area contributed by atoms with Gasteiger partial charge in [0.15, 0.2) is 11.5 Å². The highest BCUT2D eigenvalue weighted by Crippen LogP contribution is 2.70. The summed E-state index contributed by atoms with van der Waals surface area (Å²) >= 11 is 0. The van der Waals surface area contributed by atoms with Gasteiger partial charge in [-0.25, -0.2) is 4.39 Å². The van der Waals surface area contributed by atoms with Crippen molar-refractivity contribution in [2.75, 3.05) is 6.61 Å². The zero-order valence-corrected chi connectivity index (χ0v) is 21.0. The number of aromatic nitrogens is 1. The molecule has 36 heavy (non-hydrogen) atoms. The standard InChI is InChI=1S/C28H35FN2O5/c1-17-11-22-21-7-6-19-12-20(31-36-16-18-5-4-10-30-14-18)8-9-25(19,2)27(21,29)23(33)13-26(22,3)28(17,35)24(34)15-32/h4-5,8-10,12,14,17,21-23,32-33,35H,6-7,11,13,15-16H2,1-3H3/b31-20+/t17-,21+,22+,23+,25+,26+,27+,28+/m1/s1. The van der Waals surface area contributed by atoms with Gasteiger partial charge in [-0.3, -0.25) is 9.78 Å². The van der Waals surface area contributed by atoms with Crippen molar-refractivity contribution < 1.29 is 29.3 Å². The Morgan fingerprint density at radius 1 is 1.33 bits per heavy atom. The molecular weight excluding hydrogens is 463 g/mol. The zero-order valence-electron chi connectivity index (χ0n) is 21.0. The Morgan fingerprint density at radius 3 is 2.81 bits per heavy atom. The van der Waals surface area contributed by atoms with Gasteiger partial charge in [-0.15, -0.1) is 0 Å². The number of aliphatic hydroxyl groups is 3. The van der Waals surface area contributed by atoms with Crippen LogP contribution in [0.1, 0.15) is 52.0 Å². The number of halogens is 1. The Balaban J connectivity index is 1.44. The maximum atomic E-state index is 17.4. The highest BCUT2D eigenvalue weighted by Gasteiger charge is 2.75. The molecule has 4 aliphatic rings. The maximum Gasteiger partial charge on any atom is 0.190 e. The quantitative estimate of drug-likeness (QED) is 0.537. The van der Waals surface area contributed by atoms with Crippen LogP contribution in [0.4, 0.5) is 4.39 Å². The number of aliphatic hydroxyl groups excluding tert-OH is 2. The molecule has 5 rings (SSSR count). The molecule has 1 heterocycles. The summed E-state index contributed by atoms with van der Waals surface area (Å²) in [7, 11) is 0. The molecule has 8 atom stereocenters. The van der Waals surface area contributed by atoms with Gasteiger partial charge in [-0.1, -0.05) is 36.7 Å². The largest absolute Gasteiger partial charge is 0.390 e. The van der Waals surface area contributed by atoms with E-state index in [1.807, 2.05) is 25.1 Å². The smallest absolute Gasteiger partial charge is 0.190 e. The molecule has 7 nitrogen and oxygen atoms in total. The molecule has 4 aliphatic carbocycles. The lowest BCUT2D eigenvalue weighted by Gasteiger charge is -2.62. The van der Waals surface area contributed by atoms with Crippen LogP contribution in [0.25, 0.3) is 0 Å². The second-order valence-corrected chi connectivity index (χ2v) is 11.5. The van der Waals surface area contributed by atoms with Crippen molar-refractivity contribution in [3.8, 4) is 0 Å². The van der Waals surface area contributed by atoms with E-state index >= 15 is 4.39 Å². The van der Waals surface area contributed by atoms with Crippen LogP contribution in [0.2, 0.25) is 0 Å². The number of hydrogen-bond donors (Lipinski definition) is 3. The van der Waals surface area contributed by atoms with Crippen LogP contribution in [-0.2, 0) is 16.2 Å². The maximum absolute atomic E-state index is 17.4. The van der Waals surface area contributed by atoms with E-state index in [0.29, 0.717) is 25.0 Å². The van der Waals surface area contributed by atoms with Gasteiger partial charge in [0.2, 0.25) is 0 Å². The molecule has 3 fully saturated rings. The second-order valence-electron chi connectivity index (χ2n) is 11.5. The van der Waals surface area contributed by atoms with Crippen molar-refractivity contribution in [3.63, 3.8) is 0 Å². The van der Waals surface area contributed by atoms with Crippen LogP contribution in [0.15, 0.2) is 53.5 Å². The minimum Gasteiger partial charge on any atom is -0.390 e. The van der Waals surface area contributed by atoms with Crippen molar-refractivity contribution in [2.24, 2.45) is 33.7 Å². The third-order valence-corrected chi connectivity index (χ3v) is 9.93. The first kappa shape index (κ1) is 25.2. The fourth-order valence-electron chi connectivity index (χ4n) is 7.99. The molecule has 0 unspecified atom stereocenters. The van der Waals surface area contributed by atoms with Crippen molar-refractivity contribution in [1.82, 2.24) is 4.98 Å². The van der Waals surface area contributed by atoms with E-state index in [1.165, 1.54) is 0 Å². The van der Waals surface area contributed by atoms with Crippen molar-refractivity contribution in [1.29, 1.82) is 0 Å². The van der Waals surface area contributed by atoms with Gasteiger partial charge < -0.3 is 20.2 Å². The number of Topliss-reactive ketones (excluding diaryl/α,β-unsaturated/α-hetero) is 1. The third kappa shape index (κ3) is 3.23. The molecule has 1 aromatic rings. The number of pyridine rings is 1. The fourth-order valence-corrected chi connectivity index (χ4v) is 7.99. The normalized spacial score (nSPS) is 44.4. The molecule has 0 amide bonds. The van der Waals surface area contributed by atoms with Crippen LogP contribution < -0.4 is 0 Å². The number of alkyl halides is 1.